The van der Waals surface area contributed by atoms with Crippen molar-refractivity contribution in [1.29, 1.82) is 0 Å². The number of anilines is 2. The summed E-state index contributed by atoms with van der Waals surface area (Å²) >= 11 is 6.07. The van der Waals surface area contributed by atoms with Crippen LogP contribution in [0.1, 0.15) is 0 Å². The molecule has 0 atom stereocenters. The standard InChI is InChI=1S/C21H20ClN7/c1-27-14-16(11-24-27)19-12-23-13-21(26-19)29-8-6-28(7-9-29)20-5-2-15-10-17(22)3-4-18(15)25-20/h2-5,10-14H,6-9H2,1H3. The molecule has 0 radical (unpaired) electrons. The fourth-order valence-corrected chi connectivity index (χ4v) is 3.81. The Morgan fingerprint density at radius 3 is 2.41 bits per heavy atom. The highest BCUT2D eigenvalue weighted by molar-refractivity contribution is 6.31. The van der Waals surface area contributed by atoms with Crippen LogP contribution in [0.25, 0.3) is 22.2 Å². The smallest absolute Gasteiger partial charge is 0.147 e. The maximum Gasteiger partial charge on any atom is 0.147 e. The summed E-state index contributed by atoms with van der Waals surface area (Å²) in [4.78, 5) is 18.6. The van der Waals surface area contributed by atoms with Crippen molar-refractivity contribution in [2.75, 3.05) is 36.0 Å². The van der Waals surface area contributed by atoms with Gasteiger partial charge in [-0.05, 0) is 30.3 Å². The second kappa shape index (κ2) is 7.33. The van der Waals surface area contributed by atoms with Crippen molar-refractivity contribution < 1.29 is 0 Å². The number of halogens is 1. The molecule has 1 aromatic carbocycles. The van der Waals surface area contributed by atoms with Gasteiger partial charge in [-0.3, -0.25) is 9.67 Å². The molecule has 146 valence electrons. The van der Waals surface area contributed by atoms with Crippen LogP contribution in [0.3, 0.4) is 0 Å². The molecule has 7 nitrogen and oxygen atoms in total. The largest absolute Gasteiger partial charge is 0.353 e. The van der Waals surface area contributed by atoms with Gasteiger partial charge in [0, 0.05) is 55.4 Å². The van der Waals surface area contributed by atoms with Crippen LogP contribution < -0.4 is 9.80 Å². The average Bonchev–Trinajstić information content (AvgIpc) is 3.20. The summed E-state index contributed by atoms with van der Waals surface area (Å²) in [5.74, 6) is 1.89. The third-order valence-corrected chi connectivity index (χ3v) is 5.42. The molecule has 0 aliphatic carbocycles. The van der Waals surface area contributed by atoms with E-state index in [0.29, 0.717) is 0 Å². The Balaban J connectivity index is 1.31. The van der Waals surface area contributed by atoms with Crippen LogP contribution in [-0.2, 0) is 7.05 Å². The minimum atomic E-state index is 0.732. The minimum Gasteiger partial charge on any atom is -0.353 e. The minimum absolute atomic E-state index is 0.732. The lowest BCUT2D eigenvalue weighted by Crippen LogP contribution is -2.47. The average molecular weight is 406 g/mol. The molecule has 1 saturated heterocycles. The Kier molecular flexibility index (Phi) is 4.52. The molecule has 4 aromatic rings. The zero-order valence-corrected chi connectivity index (χ0v) is 16.8. The summed E-state index contributed by atoms with van der Waals surface area (Å²) in [6.07, 6.45) is 7.37. The highest BCUT2D eigenvalue weighted by Crippen LogP contribution is 2.24. The molecule has 1 aliphatic rings. The molecule has 29 heavy (non-hydrogen) atoms. The molecule has 1 fully saturated rings. The number of nitrogens with zero attached hydrogens (tertiary/aromatic N) is 7. The van der Waals surface area contributed by atoms with E-state index >= 15 is 0 Å². The molecular weight excluding hydrogens is 386 g/mol. The summed E-state index contributed by atoms with van der Waals surface area (Å²) in [6, 6.07) is 9.94. The van der Waals surface area contributed by atoms with Crippen LogP contribution >= 0.6 is 11.6 Å². The first-order chi connectivity index (χ1) is 14.2. The van der Waals surface area contributed by atoms with Gasteiger partial charge >= 0.3 is 0 Å². The second-order valence-corrected chi connectivity index (χ2v) is 7.58. The van der Waals surface area contributed by atoms with Crippen LogP contribution in [0.15, 0.2) is 55.1 Å². The zero-order valence-electron chi connectivity index (χ0n) is 16.0. The van der Waals surface area contributed by atoms with Gasteiger partial charge in [-0.1, -0.05) is 11.6 Å². The quantitative estimate of drug-likeness (QED) is 0.520. The number of fused-ring (bicyclic) bond motifs is 1. The highest BCUT2D eigenvalue weighted by Gasteiger charge is 2.20. The fourth-order valence-electron chi connectivity index (χ4n) is 3.63. The Labute approximate surface area is 173 Å². The van der Waals surface area contributed by atoms with E-state index in [1.165, 1.54) is 0 Å². The molecule has 0 N–H and O–H groups in total. The number of aromatic nitrogens is 5. The molecule has 8 heteroatoms. The Morgan fingerprint density at radius 1 is 0.862 bits per heavy atom. The van der Waals surface area contributed by atoms with Crippen molar-refractivity contribution in [2.45, 2.75) is 0 Å². The van der Waals surface area contributed by atoms with Crippen LogP contribution in [0.2, 0.25) is 5.02 Å². The molecule has 0 saturated carbocycles. The van der Waals surface area contributed by atoms with Crippen molar-refractivity contribution in [3.8, 4) is 11.3 Å². The Hall–Kier alpha value is -3.19. The topological polar surface area (TPSA) is 63.0 Å². The lowest BCUT2D eigenvalue weighted by atomic mass is 10.2. The molecule has 3 aromatic heterocycles. The number of hydrogen-bond donors (Lipinski definition) is 0. The summed E-state index contributed by atoms with van der Waals surface area (Å²) in [5, 5.41) is 6.01. The van der Waals surface area contributed by atoms with Crippen molar-refractivity contribution in [2.24, 2.45) is 7.05 Å². The van der Waals surface area contributed by atoms with Gasteiger partial charge in [0.15, 0.2) is 0 Å². The summed E-state index contributed by atoms with van der Waals surface area (Å²) in [5.41, 5.74) is 2.78. The van der Waals surface area contributed by atoms with Crippen molar-refractivity contribution in [3.05, 3.63) is 60.1 Å². The van der Waals surface area contributed by atoms with Gasteiger partial charge in [-0.25, -0.2) is 9.97 Å². The molecule has 5 rings (SSSR count). The number of hydrogen-bond acceptors (Lipinski definition) is 6. The molecule has 0 bridgehead atoms. The fraction of sp³-hybridized carbons (Fsp3) is 0.238. The van der Waals surface area contributed by atoms with E-state index in [9.17, 15) is 0 Å². The van der Waals surface area contributed by atoms with Crippen LogP contribution in [-0.4, -0.2) is 50.9 Å². The molecule has 4 heterocycles. The van der Waals surface area contributed by atoms with Crippen LogP contribution in [0.4, 0.5) is 11.6 Å². The first-order valence-electron chi connectivity index (χ1n) is 9.53. The Morgan fingerprint density at radius 2 is 1.66 bits per heavy atom. The lowest BCUT2D eigenvalue weighted by molar-refractivity contribution is 0.641. The van der Waals surface area contributed by atoms with Crippen molar-refractivity contribution >= 4 is 34.1 Å². The van der Waals surface area contributed by atoms with Gasteiger partial charge in [-0.15, -0.1) is 0 Å². The van der Waals surface area contributed by atoms with E-state index in [0.717, 1.165) is 65.0 Å². The third kappa shape index (κ3) is 3.61. The predicted octanol–water partition coefficient (Wildman–Crippen LogP) is 3.41. The van der Waals surface area contributed by atoms with E-state index in [1.54, 1.807) is 10.9 Å². The monoisotopic (exact) mass is 405 g/mol. The lowest BCUT2D eigenvalue weighted by Gasteiger charge is -2.36. The van der Waals surface area contributed by atoms with Crippen molar-refractivity contribution in [1.82, 2.24) is 24.7 Å². The normalized spacial score (nSPS) is 14.6. The maximum atomic E-state index is 6.07. The molecule has 0 unspecified atom stereocenters. The van der Waals surface area contributed by atoms with E-state index in [1.807, 2.05) is 43.8 Å². The van der Waals surface area contributed by atoms with Crippen LogP contribution in [0.5, 0.6) is 0 Å². The molecular formula is C21H20ClN7. The molecule has 0 amide bonds. The SMILES string of the molecule is Cn1cc(-c2cncc(N3CCN(c4ccc5cc(Cl)ccc5n4)CC3)n2)cn1. The van der Waals surface area contributed by atoms with Gasteiger partial charge in [0.2, 0.25) is 0 Å². The zero-order chi connectivity index (χ0) is 19.8. The van der Waals surface area contributed by atoms with Gasteiger partial charge < -0.3 is 9.80 Å². The summed E-state index contributed by atoms with van der Waals surface area (Å²) in [7, 11) is 1.90. The molecule has 1 aliphatic heterocycles. The maximum absolute atomic E-state index is 6.07. The number of rotatable bonds is 3. The summed E-state index contributed by atoms with van der Waals surface area (Å²) < 4.78 is 1.77. The van der Waals surface area contributed by atoms with Gasteiger partial charge in [0.25, 0.3) is 0 Å². The number of benzene rings is 1. The second-order valence-electron chi connectivity index (χ2n) is 7.15. The molecule has 0 spiro atoms. The van der Waals surface area contributed by atoms with E-state index in [2.05, 4.69) is 32.0 Å². The number of aryl methyl sites for hydroxylation is 1. The summed E-state index contributed by atoms with van der Waals surface area (Å²) in [6.45, 7) is 3.49. The number of pyridine rings is 1. The first-order valence-corrected chi connectivity index (χ1v) is 9.91. The highest BCUT2D eigenvalue weighted by atomic mass is 35.5. The predicted molar refractivity (Wildman–Crippen MR) is 115 cm³/mol. The van der Waals surface area contributed by atoms with Gasteiger partial charge in [0.05, 0.1) is 29.8 Å². The Bertz CT molecular complexity index is 1160. The van der Waals surface area contributed by atoms with E-state index < -0.39 is 0 Å². The van der Waals surface area contributed by atoms with Gasteiger partial charge in [0.1, 0.15) is 11.6 Å². The van der Waals surface area contributed by atoms with Crippen LogP contribution in [0, 0.1) is 0 Å². The van der Waals surface area contributed by atoms with E-state index in [4.69, 9.17) is 21.6 Å². The van der Waals surface area contributed by atoms with E-state index in [-0.39, 0.29) is 0 Å². The number of piperazine rings is 1. The van der Waals surface area contributed by atoms with Gasteiger partial charge in [-0.2, -0.15) is 5.10 Å². The third-order valence-electron chi connectivity index (χ3n) is 5.19. The van der Waals surface area contributed by atoms with Crippen molar-refractivity contribution in [3.63, 3.8) is 0 Å². The first kappa shape index (κ1) is 17.9.